The maximum atomic E-state index is 5.16. The number of halogens is 1. The van der Waals surface area contributed by atoms with Crippen LogP contribution < -0.4 is 5.32 Å². The molecule has 3 heteroatoms. The minimum atomic E-state index is 0.663. The Kier molecular flexibility index (Phi) is 5.22. The topological polar surface area (TPSA) is 21.3 Å². The van der Waals surface area contributed by atoms with E-state index in [4.69, 9.17) is 4.74 Å². The predicted octanol–water partition coefficient (Wildman–Crippen LogP) is 4.36. The van der Waals surface area contributed by atoms with E-state index in [9.17, 15) is 0 Å². The lowest BCUT2D eigenvalue weighted by molar-refractivity contribution is 0.185. The van der Waals surface area contributed by atoms with E-state index >= 15 is 0 Å². The van der Waals surface area contributed by atoms with Crippen molar-refractivity contribution in [3.05, 3.63) is 62.7 Å². The van der Waals surface area contributed by atoms with Gasteiger partial charge in [-0.2, -0.15) is 0 Å². The molecule has 2 aromatic rings. The first-order valence-corrected chi connectivity index (χ1v) is 7.33. The molecule has 0 heterocycles. The minimum absolute atomic E-state index is 0.663. The number of anilines is 1. The summed E-state index contributed by atoms with van der Waals surface area (Å²) in [5.41, 5.74) is 4.95. The van der Waals surface area contributed by atoms with Crippen molar-refractivity contribution in [2.45, 2.75) is 20.1 Å². The smallest absolute Gasteiger partial charge is 0.0713 e. The molecule has 100 valence electrons. The van der Waals surface area contributed by atoms with Crippen molar-refractivity contribution in [3.63, 3.8) is 0 Å². The second-order valence-corrected chi connectivity index (χ2v) is 5.81. The van der Waals surface area contributed by atoms with Gasteiger partial charge < -0.3 is 10.1 Å². The van der Waals surface area contributed by atoms with Crippen LogP contribution in [0.2, 0.25) is 0 Å². The second-order valence-electron chi connectivity index (χ2n) is 4.57. The fourth-order valence-corrected chi connectivity index (χ4v) is 2.67. The molecule has 0 saturated heterocycles. The number of hydrogen-bond donors (Lipinski definition) is 1. The summed E-state index contributed by atoms with van der Waals surface area (Å²) >= 11 is 2.33. The zero-order valence-electron chi connectivity index (χ0n) is 11.2. The number of benzene rings is 2. The summed E-state index contributed by atoms with van der Waals surface area (Å²) in [6.45, 7) is 3.63. The third kappa shape index (κ3) is 4.21. The lowest BCUT2D eigenvalue weighted by atomic mass is 10.1. The van der Waals surface area contributed by atoms with E-state index in [2.05, 4.69) is 77.3 Å². The molecule has 0 bridgehead atoms. The van der Waals surface area contributed by atoms with Gasteiger partial charge in [-0.1, -0.05) is 24.3 Å². The van der Waals surface area contributed by atoms with Crippen molar-refractivity contribution in [2.24, 2.45) is 0 Å². The highest BCUT2D eigenvalue weighted by atomic mass is 127. The summed E-state index contributed by atoms with van der Waals surface area (Å²) in [5.74, 6) is 0. The Morgan fingerprint density at radius 3 is 2.63 bits per heavy atom. The molecule has 0 aliphatic rings. The summed E-state index contributed by atoms with van der Waals surface area (Å²) < 4.78 is 6.42. The maximum Gasteiger partial charge on any atom is 0.0713 e. The molecule has 0 aliphatic heterocycles. The predicted molar refractivity (Wildman–Crippen MR) is 88.4 cm³/mol. The van der Waals surface area contributed by atoms with E-state index in [-0.39, 0.29) is 0 Å². The molecule has 2 aromatic carbocycles. The van der Waals surface area contributed by atoms with Gasteiger partial charge in [0.1, 0.15) is 0 Å². The quantitative estimate of drug-likeness (QED) is 0.793. The van der Waals surface area contributed by atoms with Crippen LogP contribution in [0.1, 0.15) is 16.7 Å². The van der Waals surface area contributed by atoms with Crippen LogP contribution in [0.15, 0.2) is 42.5 Å². The molecule has 1 N–H and O–H groups in total. The molecule has 19 heavy (non-hydrogen) atoms. The Labute approximate surface area is 128 Å². The molecular weight excluding hydrogens is 349 g/mol. The summed E-state index contributed by atoms with van der Waals surface area (Å²) in [6.07, 6.45) is 0. The van der Waals surface area contributed by atoms with Crippen molar-refractivity contribution in [1.82, 2.24) is 0 Å². The maximum absolute atomic E-state index is 5.16. The molecule has 0 atom stereocenters. The summed E-state index contributed by atoms with van der Waals surface area (Å²) in [5, 5.41) is 3.48. The highest BCUT2D eigenvalue weighted by molar-refractivity contribution is 14.1. The Morgan fingerprint density at radius 2 is 1.89 bits per heavy atom. The largest absolute Gasteiger partial charge is 0.381 e. The number of methoxy groups -OCH3 is 1. The average molecular weight is 367 g/mol. The van der Waals surface area contributed by atoms with Gasteiger partial charge in [-0.25, -0.2) is 0 Å². The number of rotatable bonds is 5. The Balaban J connectivity index is 2.03. The summed E-state index contributed by atoms with van der Waals surface area (Å²) in [6, 6.07) is 14.9. The third-order valence-electron chi connectivity index (χ3n) is 2.97. The van der Waals surface area contributed by atoms with Gasteiger partial charge in [0.05, 0.1) is 6.61 Å². The lowest BCUT2D eigenvalue weighted by Gasteiger charge is -2.11. The van der Waals surface area contributed by atoms with E-state index < -0.39 is 0 Å². The zero-order chi connectivity index (χ0) is 13.7. The van der Waals surface area contributed by atoms with Crippen molar-refractivity contribution in [3.8, 4) is 0 Å². The van der Waals surface area contributed by atoms with E-state index in [1.54, 1.807) is 7.11 Å². The Morgan fingerprint density at radius 1 is 1.11 bits per heavy atom. The first kappa shape index (κ1) is 14.3. The fraction of sp³-hybridized carbons (Fsp3) is 0.250. The summed E-state index contributed by atoms with van der Waals surface area (Å²) in [7, 11) is 1.72. The molecule has 2 rings (SSSR count). The van der Waals surface area contributed by atoms with Crippen LogP contribution in [0.3, 0.4) is 0 Å². The molecule has 0 fully saturated rings. The first-order valence-electron chi connectivity index (χ1n) is 6.26. The van der Waals surface area contributed by atoms with Crippen molar-refractivity contribution in [1.29, 1.82) is 0 Å². The Hall–Kier alpha value is -1.07. The van der Waals surface area contributed by atoms with Crippen molar-refractivity contribution in [2.75, 3.05) is 12.4 Å². The molecule has 0 aromatic heterocycles. The van der Waals surface area contributed by atoms with Crippen LogP contribution in [-0.4, -0.2) is 7.11 Å². The van der Waals surface area contributed by atoms with E-state index in [0.29, 0.717) is 6.61 Å². The van der Waals surface area contributed by atoms with Gasteiger partial charge in [-0.3, -0.25) is 0 Å². The van der Waals surface area contributed by atoms with Crippen molar-refractivity contribution < 1.29 is 4.74 Å². The van der Waals surface area contributed by atoms with Gasteiger partial charge in [0.2, 0.25) is 0 Å². The average Bonchev–Trinajstić information content (AvgIpc) is 2.38. The van der Waals surface area contributed by atoms with Crippen molar-refractivity contribution >= 4 is 28.3 Å². The van der Waals surface area contributed by atoms with Gasteiger partial charge >= 0.3 is 0 Å². The first-order chi connectivity index (χ1) is 9.19. The second kappa shape index (κ2) is 6.91. The highest BCUT2D eigenvalue weighted by Crippen LogP contribution is 2.18. The third-order valence-corrected chi connectivity index (χ3v) is 3.64. The molecule has 0 saturated carbocycles. The molecule has 0 radical (unpaired) electrons. The van der Waals surface area contributed by atoms with E-state index in [1.165, 1.54) is 25.9 Å². The molecule has 0 amide bonds. The molecule has 0 aliphatic carbocycles. The van der Waals surface area contributed by atoms with Gasteiger partial charge in [0.25, 0.3) is 0 Å². The van der Waals surface area contributed by atoms with Crippen LogP contribution in [-0.2, 0) is 17.9 Å². The zero-order valence-corrected chi connectivity index (χ0v) is 13.4. The minimum Gasteiger partial charge on any atom is -0.381 e. The Bertz CT molecular complexity index is 554. The van der Waals surface area contributed by atoms with Gasteiger partial charge in [0, 0.05) is 22.9 Å². The number of nitrogens with one attached hydrogen (secondary N) is 1. The van der Waals surface area contributed by atoms with Crippen LogP contribution in [0.4, 0.5) is 5.69 Å². The molecule has 0 spiro atoms. The SMILES string of the molecule is COCc1cccc(CNc2ccc(I)cc2C)c1. The molecular formula is C16H18INO. The van der Waals surface area contributed by atoms with Crippen LogP contribution >= 0.6 is 22.6 Å². The fourth-order valence-electron chi connectivity index (χ4n) is 2.02. The van der Waals surface area contributed by atoms with Crippen LogP contribution in [0, 0.1) is 10.5 Å². The van der Waals surface area contributed by atoms with Gasteiger partial charge in [-0.15, -0.1) is 0 Å². The number of aryl methyl sites for hydroxylation is 1. The monoisotopic (exact) mass is 367 g/mol. The van der Waals surface area contributed by atoms with E-state index in [0.717, 1.165) is 6.54 Å². The number of ether oxygens (including phenoxy) is 1. The summed E-state index contributed by atoms with van der Waals surface area (Å²) in [4.78, 5) is 0. The van der Waals surface area contributed by atoms with E-state index in [1.807, 2.05) is 0 Å². The molecule has 2 nitrogen and oxygen atoms in total. The molecule has 0 unspecified atom stereocenters. The highest BCUT2D eigenvalue weighted by Gasteiger charge is 2.00. The number of hydrogen-bond acceptors (Lipinski definition) is 2. The lowest BCUT2D eigenvalue weighted by Crippen LogP contribution is -2.02. The standard InChI is InChI=1S/C16H18INO/c1-12-8-15(17)6-7-16(12)18-10-13-4-3-5-14(9-13)11-19-2/h3-9,18H,10-11H2,1-2H3. The van der Waals surface area contributed by atoms with Crippen LogP contribution in [0.25, 0.3) is 0 Å². The van der Waals surface area contributed by atoms with Gasteiger partial charge in [-0.05, 0) is 64.4 Å². The van der Waals surface area contributed by atoms with Crippen LogP contribution in [0.5, 0.6) is 0 Å². The normalized spacial score (nSPS) is 10.5. The van der Waals surface area contributed by atoms with Gasteiger partial charge in [0.15, 0.2) is 0 Å².